The van der Waals surface area contributed by atoms with Crippen molar-refractivity contribution in [2.45, 2.75) is 18.9 Å². The van der Waals surface area contributed by atoms with Crippen LogP contribution in [-0.4, -0.2) is 22.9 Å². The number of aliphatic hydroxyl groups is 2. The van der Waals surface area contributed by atoms with Crippen LogP contribution < -0.4 is 0 Å². The molecule has 0 aliphatic carbocycles. The zero-order valence-corrected chi connectivity index (χ0v) is 7.05. The Bertz CT molecular complexity index is 184. The first-order valence-corrected chi connectivity index (χ1v) is 4.52. The molecule has 1 unspecified atom stereocenters. The van der Waals surface area contributed by atoms with Crippen molar-refractivity contribution in [3.63, 3.8) is 0 Å². The first-order valence-electron chi connectivity index (χ1n) is 3.64. The minimum atomic E-state index is -0.390. The van der Waals surface area contributed by atoms with Crippen molar-refractivity contribution in [3.8, 4) is 0 Å². The highest BCUT2D eigenvalue weighted by molar-refractivity contribution is 7.09. The minimum absolute atomic E-state index is 0.0620. The molecule has 0 fully saturated rings. The van der Waals surface area contributed by atoms with E-state index >= 15 is 0 Å². The number of hydrogen-bond donors (Lipinski definition) is 2. The summed E-state index contributed by atoms with van der Waals surface area (Å²) in [6, 6.07) is 3.96. The molecule has 1 heterocycles. The van der Waals surface area contributed by atoms with E-state index in [9.17, 15) is 5.11 Å². The summed E-state index contributed by atoms with van der Waals surface area (Å²) in [6.07, 6.45) is 0.745. The molecular weight excluding hydrogens is 160 g/mol. The molecule has 62 valence electrons. The molecule has 1 atom stereocenters. The molecule has 0 aliphatic rings. The summed E-state index contributed by atoms with van der Waals surface area (Å²) in [7, 11) is 0. The van der Waals surface area contributed by atoms with E-state index in [4.69, 9.17) is 5.11 Å². The number of hydrogen-bond acceptors (Lipinski definition) is 3. The topological polar surface area (TPSA) is 40.5 Å². The second kappa shape index (κ2) is 4.49. The maximum atomic E-state index is 9.27. The summed E-state index contributed by atoms with van der Waals surface area (Å²) in [6.45, 7) is 0.0620. The molecule has 1 rings (SSSR count). The van der Waals surface area contributed by atoms with Crippen LogP contribution in [0.2, 0.25) is 0 Å². The summed E-state index contributed by atoms with van der Waals surface area (Å²) in [5, 5.41) is 19.8. The molecule has 11 heavy (non-hydrogen) atoms. The molecule has 0 bridgehead atoms. The van der Waals surface area contributed by atoms with Crippen LogP contribution in [0.3, 0.4) is 0 Å². The largest absolute Gasteiger partial charge is 0.396 e. The predicted octanol–water partition coefficient (Wildman–Crippen LogP) is 1.03. The lowest BCUT2D eigenvalue weighted by molar-refractivity contribution is 0.134. The third kappa shape index (κ3) is 3.01. The van der Waals surface area contributed by atoms with Gasteiger partial charge in [-0.1, -0.05) is 6.07 Å². The lowest BCUT2D eigenvalue weighted by atomic mass is 10.2. The Morgan fingerprint density at radius 3 is 2.91 bits per heavy atom. The van der Waals surface area contributed by atoms with E-state index in [2.05, 4.69) is 0 Å². The molecule has 0 spiro atoms. The average Bonchev–Trinajstić information content (AvgIpc) is 2.40. The number of rotatable bonds is 4. The summed E-state index contributed by atoms with van der Waals surface area (Å²) in [5.74, 6) is 0. The van der Waals surface area contributed by atoms with Gasteiger partial charge in [0, 0.05) is 17.9 Å². The Morgan fingerprint density at radius 1 is 1.55 bits per heavy atom. The summed E-state index contributed by atoms with van der Waals surface area (Å²) in [5.41, 5.74) is 0. The van der Waals surface area contributed by atoms with Crippen molar-refractivity contribution in [2.24, 2.45) is 0 Å². The van der Waals surface area contributed by atoms with Crippen molar-refractivity contribution in [1.29, 1.82) is 0 Å². The molecule has 3 heteroatoms. The van der Waals surface area contributed by atoms with Gasteiger partial charge in [0.2, 0.25) is 0 Å². The van der Waals surface area contributed by atoms with Crippen molar-refractivity contribution in [2.75, 3.05) is 6.61 Å². The van der Waals surface area contributed by atoms with Crippen LogP contribution in [0.5, 0.6) is 0 Å². The molecule has 0 amide bonds. The monoisotopic (exact) mass is 172 g/mol. The highest BCUT2D eigenvalue weighted by Crippen LogP contribution is 2.11. The van der Waals surface area contributed by atoms with Crippen molar-refractivity contribution < 1.29 is 10.2 Å². The minimum Gasteiger partial charge on any atom is -0.396 e. The third-order valence-corrected chi connectivity index (χ3v) is 2.38. The van der Waals surface area contributed by atoms with Gasteiger partial charge >= 0.3 is 0 Å². The van der Waals surface area contributed by atoms with Gasteiger partial charge in [0.15, 0.2) is 0 Å². The van der Waals surface area contributed by atoms with Gasteiger partial charge in [-0.05, 0) is 17.9 Å². The maximum absolute atomic E-state index is 9.27. The Hall–Kier alpha value is -0.380. The van der Waals surface area contributed by atoms with Gasteiger partial charge < -0.3 is 10.2 Å². The van der Waals surface area contributed by atoms with Crippen molar-refractivity contribution in [3.05, 3.63) is 22.4 Å². The fourth-order valence-corrected chi connectivity index (χ4v) is 1.69. The van der Waals surface area contributed by atoms with Crippen LogP contribution in [0, 0.1) is 0 Å². The van der Waals surface area contributed by atoms with E-state index < -0.39 is 6.10 Å². The van der Waals surface area contributed by atoms with Crippen LogP contribution in [0.1, 0.15) is 11.3 Å². The van der Waals surface area contributed by atoms with E-state index in [1.807, 2.05) is 17.5 Å². The molecule has 0 radical (unpaired) electrons. The first-order chi connectivity index (χ1) is 5.33. The zero-order valence-electron chi connectivity index (χ0n) is 6.23. The van der Waals surface area contributed by atoms with Crippen LogP contribution in [0.15, 0.2) is 17.5 Å². The number of thiophene rings is 1. The fourth-order valence-electron chi connectivity index (χ4n) is 0.912. The molecule has 1 aromatic rings. The normalized spacial score (nSPS) is 13.3. The van der Waals surface area contributed by atoms with Crippen LogP contribution in [-0.2, 0) is 6.42 Å². The van der Waals surface area contributed by atoms with E-state index in [1.165, 1.54) is 4.88 Å². The van der Waals surface area contributed by atoms with Gasteiger partial charge in [0.05, 0.1) is 6.10 Å². The van der Waals surface area contributed by atoms with Gasteiger partial charge in [-0.2, -0.15) is 0 Å². The highest BCUT2D eigenvalue weighted by Gasteiger charge is 2.04. The molecule has 0 saturated heterocycles. The van der Waals surface area contributed by atoms with E-state index in [0.29, 0.717) is 12.8 Å². The lowest BCUT2D eigenvalue weighted by Gasteiger charge is -2.05. The molecule has 2 nitrogen and oxygen atoms in total. The van der Waals surface area contributed by atoms with E-state index in [1.54, 1.807) is 11.3 Å². The van der Waals surface area contributed by atoms with Gasteiger partial charge in [0.25, 0.3) is 0 Å². The zero-order chi connectivity index (χ0) is 8.10. The Labute approximate surface area is 70.1 Å². The molecule has 2 N–H and O–H groups in total. The average molecular weight is 172 g/mol. The molecule has 0 aromatic carbocycles. The van der Waals surface area contributed by atoms with Gasteiger partial charge in [-0.25, -0.2) is 0 Å². The van der Waals surface area contributed by atoms with E-state index in [-0.39, 0.29) is 6.61 Å². The summed E-state index contributed by atoms with van der Waals surface area (Å²) < 4.78 is 0. The second-order valence-electron chi connectivity index (χ2n) is 2.45. The summed E-state index contributed by atoms with van der Waals surface area (Å²) in [4.78, 5) is 1.17. The Balaban J connectivity index is 2.31. The van der Waals surface area contributed by atoms with Crippen LogP contribution >= 0.6 is 11.3 Å². The van der Waals surface area contributed by atoms with Crippen molar-refractivity contribution in [1.82, 2.24) is 0 Å². The number of aliphatic hydroxyl groups excluding tert-OH is 2. The molecule has 0 saturated carbocycles. The fraction of sp³-hybridized carbons (Fsp3) is 0.500. The highest BCUT2D eigenvalue weighted by atomic mass is 32.1. The summed E-state index contributed by atoms with van der Waals surface area (Å²) >= 11 is 1.64. The third-order valence-electron chi connectivity index (χ3n) is 1.48. The Kier molecular flexibility index (Phi) is 3.56. The second-order valence-corrected chi connectivity index (χ2v) is 3.48. The molecule has 0 aliphatic heterocycles. The van der Waals surface area contributed by atoms with Crippen molar-refractivity contribution >= 4 is 11.3 Å². The standard InChI is InChI=1S/C8H12O2S/c9-4-3-7(10)6-8-2-1-5-11-8/h1-2,5,7,9-10H,3-4,6H2. The predicted molar refractivity (Wildman–Crippen MR) is 45.7 cm³/mol. The van der Waals surface area contributed by atoms with Crippen LogP contribution in [0.4, 0.5) is 0 Å². The SMILES string of the molecule is OCCC(O)Cc1cccs1. The lowest BCUT2D eigenvalue weighted by Crippen LogP contribution is -2.11. The molecule has 1 aromatic heterocycles. The smallest absolute Gasteiger partial charge is 0.0610 e. The maximum Gasteiger partial charge on any atom is 0.0610 e. The Morgan fingerprint density at radius 2 is 2.36 bits per heavy atom. The molecular formula is C8H12O2S. The van der Waals surface area contributed by atoms with E-state index in [0.717, 1.165) is 0 Å². The quantitative estimate of drug-likeness (QED) is 0.712. The van der Waals surface area contributed by atoms with Gasteiger partial charge in [0.1, 0.15) is 0 Å². The van der Waals surface area contributed by atoms with Gasteiger partial charge in [-0.3, -0.25) is 0 Å². The van der Waals surface area contributed by atoms with Crippen LogP contribution in [0.25, 0.3) is 0 Å². The van der Waals surface area contributed by atoms with Gasteiger partial charge in [-0.15, -0.1) is 11.3 Å². The first kappa shape index (κ1) is 8.71.